The number of rotatable bonds is 13. The first kappa shape index (κ1) is 33.5. The number of nitrogens with one attached hydrogen (secondary N) is 3. The van der Waals surface area contributed by atoms with Crippen LogP contribution in [0.3, 0.4) is 0 Å². The number of amides is 3. The van der Waals surface area contributed by atoms with E-state index >= 15 is 0 Å². The quantitative estimate of drug-likeness (QED) is 0.0743. The monoisotopic (exact) mass is 665 g/mol. The number of likely N-dealkylation sites (tertiary alicyclic amines) is 1. The molecule has 2 aliphatic rings. The van der Waals surface area contributed by atoms with Crippen molar-refractivity contribution in [3.63, 3.8) is 0 Å². The summed E-state index contributed by atoms with van der Waals surface area (Å²) in [5, 5.41) is 19.2. The molecule has 2 atom stereocenters. The highest BCUT2D eigenvalue weighted by atomic mass is 32.2. The molecule has 47 heavy (non-hydrogen) atoms. The largest absolute Gasteiger partial charge is 0.408 e. The topological polar surface area (TPSA) is 212 Å². The summed E-state index contributed by atoms with van der Waals surface area (Å²) in [6.45, 7) is 1.57. The van der Waals surface area contributed by atoms with Crippen molar-refractivity contribution >= 4 is 44.5 Å². The van der Waals surface area contributed by atoms with Crippen LogP contribution in [0.4, 0.5) is 0 Å². The number of guanidine groups is 1. The Morgan fingerprint density at radius 2 is 1.87 bits per heavy atom. The number of carbonyl (C=O) groups is 3. The lowest BCUT2D eigenvalue weighted by Crippen LogP contribution is -2.53. The Morgan fingerprint density at radius 3 is 2.60 bits per heavy atom. The molecule has 0 bridgehead atoms. The fourth-order valence-corrected chi connectivity index (χ4v) is 6.87. The second-order valence-corrected chi connectivity index (χ2v) is 13.4. The molecule has 0 unspecified atom stereocenters. The minimum Gasteiger partial charge on any atom is -0.408 e. The van der Waals surface area contributed by atoms with Gasteiger partial charge in [-0.25, -0.2) is 13.4 Å². The van der Waals surface area contributed by atoms with Gasteiger partial charge in [0, 0.05) is 51.2 Å². The summed E-state index contributed by atoms with van der Waals surface area (Å²) >= 11 is 0. The number of hydrogen-bond acceptors (Lipinski definition) is 9. The van der Waals surface area contributed by atoms with Gasteiger partial charge in [-0.1, -0.05) is 35.5 Å². The number of sulfonamides is 1. The smallest absolute Gasteiger partial charge is 0.271 e. The van der Waals surface area contributed by atoms with Gasteiger partial charge in [-0.15, -0.1) is 0 Å². The van der Waals surface area contributed by atoms with Gasteiger partial charge < -0.3 is 31.4 Å². The van der Waals surface area contributed by atoms with Gasteiger partial charge in [-0.05, 0) is 54.5 Å². The maximum atomic E-state index is 14.0. The molecule has 2 aromatic carbocycles. The lowest BCUT2D eigenvalue weighted by atomic mass is 9.98. The highest BCUT2D eigenvalue weighted by molar-refractivity contribution is 7.89. The van der Waals surface area contributed by atoms with E-state index in [4.69, 9.17) is 10.9 Å². The molecule has 3 amide bonds. The molecule has 2 fully saturated rings. The zero-order chi connectivity index (χ0) is 33.4. The van der Waals surface area contributed by atoms with Crippen LogP contribution in [0.2, 0.25) is 0 Å². The minimum atomic E-state index is -4.23. The molecule has 0 radical (unpaired) electrons. The summed E-state index contributed by atoms with van der Waals surface area (Å²) in [5.41, 5.74) is 5.87. The van der Waals surface area contributed by atoms with Crippen molar-refractivity contribution in [2.75, 3.05) is 32.7 Å². The molecular weight excluding hydrogens is 626 g/mol. The van der Waals surface area contributed by atoms with Gasteiger partial charge in [-0.3, -0.25) is 19.4 Å². The van der Waals surface area contributed by atoms with E-state index in [1.807, 2.05) is 12.1 Å². The van der Waals surface area contributed by atoms with Crippen molar-refractivity contribution in [2.45, 2.75) is 49.1 Å². The van der Waals surface area contributed by atoms with Crippen molar-refractivity contribution in [3.05, 3.63) is 66.7 Å². The van der Waals surface area contributed by atoms with Gasteiger partial charge in [0.15, 0.2) is 0 Å². The lowest BCUT2D eigenvalue weighted by molar-refractivity contribution is -0.136. The van der Waals surface area contributed by atoms with E-state index < -0.39 is 40.2 Å². The normalized spacial score (nSPS) is 17.6. The van der Waals surface area contributed by atoms with Gasteiger partial charge in [-0.2, -0.15) is 4.72 Å². The standard InChI is InChI=1S/C31H39N9O6S/c32-31(37-44)39-14-3-4-21(20-39)18-36-28(41)17-26(38-47(45,46)25-10-7-22-5-1-2-6-23(22)16-25)30(43)40(24-8-9-24)15-13-35-29(42)27-19-33-11-12-34-27/h1-2,5-7,10-12,16,19,21,24,26,38,44H,3-4,8-9,13-15,17-18,20H2,(H2,32,37)(H,35,42)(H,36,41)/t21-,26-/m0/s1. The van der Waals surface area contributed by atoms with E-state index in [1.165, 1.54) is 35.6 Å². The van der Waals surface area contributed by atoms with E-state index in [2.05, 4.69) is 30.5 Å². The zero-order valence-electron chi connectivity index (χ0n) is 25.8. The van der Waals surface area contributed by atoms with Crippen LogP contribution in [0.5, 0.6) is 0 Å². The average molecular weight is 666 g/mol. The first-order valence-electron chi connectivity index (χ1n) is 15.5. The Kier molecular flexibility index (Phi) is 10.8. The van der Waals surface area contributed by atoms with Crippen LogP contribution in [0.15, 0.2) is 71.1 Å². The number of fused-ring (bicyclic) bond motifs is 1. The minimum absolute atomic E-state index is 0.00263. The Labute approximate surface area is 272 Å². The second-order valence-electron chi connectivity index (χ2n) is 11.7. The maximum Gasteiger partial charge on any atom is 0.271 e. The van der Waals surface area contributed by atoms with E-state index in [0.29, 0.717) is 18.5 Å². The number of piperidine rings is 1. The summed E-state index contributed by atoms with van der Waals surface area (Å²) in [7, 11) is -4.23. The van der Waals surface area contributed by atoms with Crippen molar-refractivity contribution in [2.24, 2.45) is 16.8 Å². The molecule has 0 spiro atoms. The van der Waals surface area contributed by atoms with Gasteiger partial charge in [0.05, 0.1) is 17.5 Å². The molecule has 16 heteroatoms. The maximum absolute atomic E-state index is 14.0. The second kappa shape index (κ2) is 15.2. The van der Waals surface area contributed by atoms with E-state index in [1.54, 1.807) is 23.1 Å². The number of carbonyl (C=O) groups excluding carboxylic acids is 3. The first-order valence-corrected chi connectivity index (χ1v) is 17.0. The summed E-state index contributed by atoms with van der Waals surface area (Å²) < 4.78 is 29.8. The van der Waals surface area contributed by atoms with Crippen molar-refractivity contribution in [1.82, 2.24) is 35.1 Å². The third kappa shape index (κ3) is 8.92. The van der Waals surface area contributed by atoms with Crippen LogP contribution in [0.25, 0.3) is 10.8 Å². The average Bonchev–Trinajstić information content (AvgIpc) is 3.94. The van der Waals surface area contributed by atoms with Gasteiger partial charge in [0.1, 0.15) is 11.7 Å². The molecule has 1 saturated heterocycles. The highest BCUT2D eigenvalue weighted by Crippen LogP contribution is 2.28. The summed E-state index contributed by atoms with van der Waals surface area (Å²) in [6.07, 6.45) is 6.78. The SMILES string of the molecule is N/C(=N/O)N1CCC[C@@H](CNC(=O)C[C@H](NS(=O)(=O)c2ccc3ccccc3c2)C(=O)N(CCNC(=O)c2cnccn2)C2CC2)C1. The van der Waals surface area contributed by atoms with Crippen LogP contribution >= 0.6 is 0 Å². The number of nitrogens with two attached hydrogens (primary N) is 1. The summed E-state index contributed by atoms with van der Waals surface area (Å²) in [6, 6.07) is 10.4. The predicted octanol–water partition coefficient (Wildman–Crippen LogP) is 0.620. The molecule has 250 valence electrons. The van der Waals surface area contributed by atoms with Crippen molar-refractivity contribution < 1.29 is 28.0 Å². The van der Waals surface area contributed by atoms with E-state index in [0.717, 1.165) is 31.1 Å². The summed E-state index contributed by atoms with van der Waals surface area (Å²) in [4.78, 5) is 50.8. The fourth-order valence-electron chi connectivity index (χ4n) is 5.64. The van der Waals surface area contributed by atoms with Crippen LogP contribution in [0.1, 0.15) is 42.6 Å². The van der Waals surface area contributed by atoms with Crippen molar-refractivity contribution in [3.8, 4) is 0 Å². The van der Waals surface area contributed by atoms with Gasteiger partial charge >= 0.3 is 0 Å². The van der Waals surface area contributed by atoms with Crippen LogP contribution < -0.4 is 21.1 Å². The first-order chi connectivity index (χ1) is 22.6. The number of oxime groups is 1. The molecule has 2 heterocycles. The molecule has 3 aromatic rings. The number of hydrogen-bond donors (Lipinski definition) is 5. The summed E-state index contributed by atoms with van der Waals surface area (Å²) in [5.74, 6) is -1.50. The number of aromatic nitrogens is 2. The Hall–Kier alpha value is -4.83. The van der Waals surface area contributed by atoms with Crippen LogP contribution in [-0.2, 0) is 19.6 Å². The fraction of sp³-hybridized carbons (Fsp3) is 0.419. The van der Waals surface area contributed by atoms with Crippen LogP contribution in [0, 0.1) is 5.92 Å². The molecule has 1 aliphatic heterocycles. The molecule has 1 aromatic heterocycles. The van der Waals surface area contributed by atoms with E-state index in [-0.39, 0.29) is 48.1 Å². The zero-order valence-corrected chi connectivity index (χ0v) is 26.6. The molecule has 15 nitrogen and oxygen atoms in total. The number of nitrogens with zero attached hydrogens (tertiary/aromatic N) is 5. The Balaban J connectivity index is 1.29. The number of benzene rings is 2. The lowest BCUT2D eigenvalue weighted by Gasteiger charge is -2.33. The highest BCUT2D eigenvalue weighted by Gasteiger charge is 2.38. The van der Waals surface area contributed by atoms with Gasteiger partial charge in [0.2, 0.25) is 27.8 Å². The van der Waals surface area contributed by atoms with E-state index in [9.17, 15) is 22.8 Å². The predicted molar refractivity (Wildman–Crippen MR) is 172 cm³/mol. The molecule has 5 rings (SSSR count). The van der Waals surface area contributed by atoms with Crippen molar-refractivity contribution in [1.29, 1.82) is 0 Å². The molecule has 1 aliphatic carbocycles. The van der Waals surface area contributed by atoms with Crippen LogP contribution in [-0.4, -0.2) is 102 Å². The molecule has 1 saturated carbocycles. The Morgan fingerprint density at radius 1 is 1.09 bits per heavy atom. The third-order valence-electron chi connectivity index (χ3n) is 8.25. The molecular formula is C31H39N9O6S. The third-order valence-corrected chi connectivity index (χ3v) is 9.72. The van der Waals surface area contributed by atoms with Gasteiger partial charge in [0.25, 0.3) is 5.91 Å². The Bertz CT molecular complexity index is 1720. The molecule has 6 N–H and O–H groups in total.